The van der Waals surface area contributed by atoms with Gasteiger partial charge < -0.3 is 4.74 Å². The second-order valence-electron chi connectivity index (χ2n) is 3.56. The van der Waals surface area contributed by atoms with Crippen LogP contribution in [0.2, 0.25) is 5.15 Å². The molecule has 0 amide bonds. The molecule has 0 saturated heterocycles. The normalized spacial score (nSPS) is 10.8. The van der Waals surface area contributed by atoms with E-state index < -0.39 is 0 Å². The minimum Gasteiger partial charge on any atom is -0.466 e. The Morgan fingerprint density at radius 1 is 1.61 bits per heavy atom. The maximum atomic E-state index is 11.3. The fraction of sp³-hybridized carbons (Fsp3) is 0.364. The molecule has 0 spiro atoms. The Labute approximate surface area is 123 Å². The van der Waals surface area contributed by atoms with E-state index in [1.807, 2.05) is 4.40 Å². The zero-order valence-corrected chi connectivity index (χ0v) is 12.6. The number of hydrogen-bond acceptors (Lipinski definition) is 4. The number of esters is 1. The first-order chi connectivity index (χ1) is 8.63. The highest BCUT2D eigenvalue weighted by Crippen LogP contribution is 2.22. The summed E-state index contributed by atoms with van der Waals surface area (Å²) in [5.41, 5.74) is 0.777. The van der Waals surface area contributed by atoms with Crippen LogP contribution in [0.3, 0.4) is 0 Å². The molecule has 0 saturated carbocycles. The summed E-state index contributed by atoms with van der Waals surface area (Å²) in [7, 11) is 0. The lowest BCUT2D eigenvalue weighted by Gasteiger charge is -2.02. The van der Waals surface area contributed by atoms with Crippen molar-refractivity contribution in [3.05, 3.63) is 27.1 Å². The summed E-state index contributed by atoms with van der Waals surface area (Å²) < 4.78 is 7.53. The minimum absolute atomic E-state index is 0.218. The molecule has 0 radical (unpaired) electrons. The van der Waals surface area contributed by atoms with Crippen molar-refractivity contribution in [1.29, 1.82) is 0 Å². The van der Waals surface area contributed by atoms with Crippen LogP contribution in [0.15, 0.2) is 12.4 Å². The van der Waals surface area contributed by atoms with Gasteiger partial charge >= 0.3 is 5.97 Å². The first-order valence-corrected chi connectivity index (χ1v) is 6.91. The van der Waals surface area contributed by atoms with Crippen LogP contribution in [0, 0.1) is 3.70 Å². The fourth-order valence-corrected chi connectivity index (χ4v) is 2.83. The summed E-state index contributed by atoms with van der Waals surface area (Å²) in [6, 6.07) is 0. The van der Waals surface area contributed by atoms with Gasteiger partial charge in [0.05, 0.1) is 13.0 Å². The quantitative estimate of drug-likeness (QED) is 0.605. The second kappa shape index (κ2) is 5.83. The summed E-state index contributed by atoms with van der Waals surface area (Å²) in [5.74, 6) is 0.566. The molecule has 0 N–H and O–H groups in total. The number of imidazole rings is 1. The summed E-state index contributed by atoms with van der Waals surface area (Å²) in [6.45, 7) is 2.19. The third-order valence-electron chi connectivity index (χ3n) is 2.40. The van der Waals surface area contributed by atoms with Crippen molar-refractivity contribution in [1.82, 2.24) is 14.4 Å². The van der Waals surface area contributed by atoms with Crippen LogP contribution in [0.1, 0.15) is 19.2 Å². The fourth-order valence-electron chi connectivity index (χ4n) is 1.64. The Bertz CT molecular complexity index is 585. The number of nitrogens with zero attached hydrogens (tertiary/aromatic N) is 3. The third kappa shape index (κ3) is 2.74. The number of ether oxygens (including phenoxy) is 1. The molecule has 0 bridgehead atoms. The average Bonchev–Trinajstić information content (AvgIpc) is 2.65. The Morgan fingerprint density at radius 3 is 3.11 bits per heavy atom. The predicted molar refractivity (Wildman–Crippen MR) is 75.7 cm³/mol. The highest BCUT2D eigenvalue weighted by Gasteiger charge is 2.13. The van der Waals surface area contributed by atoms with Crippen molar-refractivity contribution in [2.24, 2.45) is 0 Å². The van der Waals surface area contributed by atoms with Gasteiger partial charge in [-0.1, -0.05) is 11.6 Å². The van der Waals surface area contributed by atoms with Crippen LogP contribution in [-0.4, -0.2) is 26.9 Å². The molecule has 5 nitrogen and oxygen atoms in total. The maximum Gasteiger partial charge on any atom is 0.306 e. The van der Waals surface area contributed by atoms with Gasteiger partial charge in [-0.15, -0.1) is 0 Å². The van der Waals surface area contributed by atoms with Gasteiger partial charge in [0.1, 0.15) is 15.0 Å². The van der Waals surface area contributed by atoms with Gasteiger partial charge in [0.15, 0.2) is 5.15 Å². The van der Waals surface area contributed by atoms with Crippen LogP contribution >= 0.6 is 34.2 Å². The number of carbonyl (C=O) groups excluding carboxylic acids is 1. The summed E-state index contributed by atoms with van der Waals surface area (Å²) in [6.07, 6.45) is 4.23. The summed E-state index contributed by atoms with van der Waals surface area (Å²) >= 11 is 8.13. The molecular formula is C11H11ClIN3O2. The largest absolute Gasteiger partial charge is 0.466 e. The van der Waals surface area contributed by atoms with Crippen molar-refractivity contribution in [2.75, 3.05) is 6.61 Å². The zero-order chi connectivity index (χ0) is 13.1. The van der Waals surface area contributed by atoms with Crippen molar-refractivity contribution in [2.45, 2.75) is 19.8 Å². The molecule has 2 aromatic rings. The first kappa shape index (κ1) is 13.5. The van der Waals surface area contributed by atoms with Crippen LogP contribution in [0.5, 0.6) is 0 Å². The van der Waals surface area contributed by atoms with E-state index in [-0.39, 0.29) is 5.97 Å². The van der Waals surface area contributed by atoms with Crippen LogP contribution < -0.4 is 0 Å². The molecule has 18 heavy (non-hydrogen) atoms. The molecule has 2 aromatic heterocycles. The number of fused-ring (bicyclic) bond motifs is 1. The molecule has 0 fully saturated rings. The number of rotatable bonds is 4. The van der Waals surface area contributed by atoms with Gasteiger partial charge in [-0.25, -0.2) is 9.97 Å². The SMILES string of the molecule is CCOC(=O)CCc1nc(I)c2c(Cl)nccn12. The van der Waals surface area contributed by atoms with Gasteiger partial charge in [0.25, 0.3) is 0 Å². The van der Waals surface area contributed by atoms with Gasteiger partial charge in [0.2, 0.25) is 0 Å². The standard InChI is InChI=1S/C11H11ClIN3O2/c1-2-18-8(17)4-3-7-15-11(13)9-10(12)14-5-6-16(7)9/h5-6H,2-4H2,1H3. The molecule has 2 heterocycles. The van der Waals surface area contributed by atoms with E-state index in [9.17, 15) is 4.79 Å². The zero-order valence-electron chi connectivity index (χ0n) is 9.69. The van der Waals surface area contributed by atoms with Crippen molar-refractivity contribution in [3.8, 4) is 0 Å². The number of aromatic nitrogens is 3. The summed E-state index contributed by atoms with van der Waals surface area (Å²) in [5, 5.41) is 0.414. The number of aryl methyl sites for hydroxylation is 1. The van der Waals surface area contributed by atoms with Crippen molar-refractivity contribution >= 4 is 45.7 Å². The van der Waals surface area contributed by atoms with Gasteiger partial charge in [0, 0.05) is 18.8 Å². The lowest BCUT2D eigenvalue weighted by atomic mass is 10.3. The van der Waals surface area contributed by atoms with E-state index in [4.69, 9.17) is 16.3 Å². The van der Waals surface area contributed by atoms with Crippen LogP contribution in [0.25, 0.3) is 5.52 Å². The molecule has 0 unspecified atom stereocenters. The van der Waals surface area contributed by atoms with E-state index in [2.05, 4.69) is 32.6 Å². The lowest BCUT2D eigenvalue weighted by Crippen LogP contribution is -2.07. The average molecular weight is 380 g/mol. The molecule has 7 heteroatoms. The minimum atomic E-state index is -0.218. The predicted octanol–water partition coefficient (Wildman–Crippen LogP) is 2.48. The smallest absolute Gasteiger partial charge is 0.306 e. The van der Waals surface area contributed by atoms with E-state index in [1.165, 1.54) is 0 Å². The number of hydrogen-bond donors (Lipinski definition) is 0. The summed E-state index contributed by atoms with van der Waals surface area (Å²) in [4.78, 5) is 19.7. The molecule has 2 rings (SSSR count). The Hall–Kier alpha value is -0.890. The van der Waals surface area contributed by atoms with Crippen molar-refractivity contribution < 1.29 is 9.53 Å². The molecule has 0 aliphatic rings. The Kier molecular flexibility index (Phi) is 4.39. The first-order valence-electron chi connectivity index (χ1n) is 5.46. The van der Waals surface area contributed by atoms with Gasteiger partial charge in [-0.05, 0) is 29.5 Å². The molecule has 0 aliphatic heterocycles. The molecule has 96 valence electrons. The highest BCUT2D eigenvalue weighted by molar-refractivity contribution is 14.1. The van der Waals surface area contributed by atoms with Gasteiger partial charge in [-0.2, -0.15) is 0 Å². The number of halogens is 2. The molecule has 0 atom stereocenters. The van der Waals surface area contributed by atoms with Crippen LogP contribution in [0.4, 0.5) is 0 Å². The Morgan fingerprint density at radius 2 is 2.39 bits per heavy atom. The highest BCUT2D eigenvalue weighted by atomic mass is 127. The second-order valence-corrected chi connectivity index (χ2v) is 4.94. The monoisotopic (exact) mass is 379 g/mol. The van der Waals surface area contributed by atoms with E-state index in [0.717, 1.165) is 15.0 Å². The molecular weight excluding hydrogens is 368 g/mol. The molecule has 0 aliphatic carbocycles. The van der Waals surface area contributed by atoms with E-state index in [0.29, 0.717) is 24.6 Å². The lowest BCUT2D eigenvalue weighted by molar-refractivity contribution is -0.143. The van der Waals surface area contributed by atoms with Crippen LogP contribution in [-0.2, 0) is 16.0 Å². The third-order valence-corrected chi connectivity index (χ3v) is 3.43. The van der Waals surface area contributed by atoms with Gasteiger partial charge in [-0.3, -0.25) is 9.20 Å². The Balaban J connectivity index is 2.24. The van der Waals surface area contributed by atoms with Crippen molar-refractivity contribution in [3.63, 3.8) is 0 Å². The molecule has 0 aromatic carbocycles. The number of carbonyl (C=O) groups is 1. The van der Waals surface area contributed by atoms with E-state index >= 15 is 0 Å². The topological polar surface area (TPSA) is 56.5 Å². The maximum absolute atomic E-state index is 11.3. The van der Waals surface area contributed by atoms with E-state index in [1.54, 1.807) is 19.3 Å².